The van der Waals surface area contributed by atoms with Crippen molar-refractivity contribution < 1.29 is 4.52 Å². The van der Waals surface area contributed by atoms with E-state index >= 15 is 0 Å². The normalized spacial score (nSPS) is 12.6. The summed E-state index contributed by atoms with van der Waals surface area (Å²) in [6.07, 6.45) is 3.73. The second-order valence-corrected chi connectivity index (χ2v) is 7.59. The van der Waals surface area contributed by atoms with Gasteiger partial charge in [-0.1, -0.05) is 49.3 Å². The van der Waals surface area contributed by atoms with Crippen LogP contribution in [0.1, 0.15) is 57.0 Å². The molecule has 0 spiro atoms. The Morgan fingerprint density at radius 2 is 2.00 bits per heavy atom. The minimum atomic E-state index is -0.0750. The predicted octanol–water partition coefficient (Wildman–Crippen LogP) is 4.39. The lowest BCUT2D eigenvalue weighted by molar-refractivity contribution is 0.374. The second kappa shape index (κ2) is 8.49. The summed E-state index contributed by atoms with van der Waals surface area (Å²) in [4.78, 5) is 22.1. The Kier molecular flexibility index (Phi) is 6.08. The SMILES string of the molecule is CCCCn1c(S[C@H](C)c2nc(CCC)no2)nc2ccccc2c1=O. The van der Waals surface area contributed by atoms with Gasteiger partial charge in [0.2, 0.25) is 5.89 Å². The fraction of sp³-hybridized carbons (Fsp3) is 0.474. The van der Waals surface area contributed by atoms with Crippen LogP contribution < -0.4 is 5.56 Å². The molecule has 0 amide bonds. The molecule has 1 aromatic carbocycles. The minimum absolute atomic E-state index is 0.0101. The van der Waals surface area contributed by atoms with E-state index in [-0.39, 0.29) is 10.8 Å². The smallest absolute Gasteiger partial charge is 0.262 e. The number of aromatic nitrogens is 4. The maximum atomic E-state index is 12.9. The average Bonchev–Trinajstić information content (AvgIpc) is 3.11. The van der Waals surface area contributed by atoms with Gasteiger partial charge < -0.3 is 4.52 Å². The molecule has 2 heterocycles. The number of fused-ring (bicyclic) bond motifs is 1. The molecule has 0 aliphatic carbocycles. The quantitative estimate of drug-likeness (QED) is 0.431. The number of rotatable bonds is 8. The molecule has 0 aliphatic heterocycles. The molecule has 0 unspecified atom stereocenters. The highest BCUT2D eigenvalue weighted by Gasteiger charge is 2.19. The van der Waals surface area contributed by atoms with Crippen molar-refractivity contribution in [3.8, 4) is 0 Å². The molecule has 6 nitrogen and oxygen atoms in total. The maximum Gasteiger partial charge on any atom is 0.262 e. The number of aryl methyl sites for hydroxylation is 1. The van der Waals surface area contributed by atoms with Gasteiger partial charge in [0.1, 0.15) is 0 Å². The van der Waals surface area contributed by atoms with Gasteiger partial charge >= 0.3 is 0 Å². The molecule has 7 heteroatoms. The van der Waals surface area contributed by atoms with E-state index < -0.39 is 0 Å². The lowest BCUT2D eigenvalue weighted by Crippen LogP contribution is -2.23. The first-order valence-corrected chi connectivity index (χ1v) is 10.0. The summed E-state index contributed by atoms with van der Waals surface area (Å²) >= 11 is 1.49. The summed E-state index contributed by atoms with van der Waals surface area (Å²) in [6, 6.07) is 7.48. The van der Waals surface area contributed by atoms with E-state index in [9.17, 15) is 4.79 Å². The van der Waals surface area contributed by atoms with Gasteiger partial charge in [0.05, 0.1) is 16.2 Å². The zero-order valence-electron chi connectivity index (χ0n) is 15.4. The molecule has 0 radical (unpaired) electrons. The number of benzene rings is 1. The molecule has 3 aromatic rings. The summed E-state index contributed by atoms with van der Waals surface area (Å²) in [7, 11) is 0. The predicted molar refractivity (Wildman–Crippen MR) is 103 cm³/mol. The van der Waals surface area contributed by atoms with Crippen LogP contribution in [-0.4, -0.2) is 19.7 Å². The fourth-order valence-corrected chi connectivity index (χ4v) is 3.68. The Bertz CT molecular complexity index is 935. The average molecular weight is 372 g/mol. The van der Waals surface area contributed by atoms with E-state index in [1.807, 2.05) is 31.2 Å². The van der Waals surface area contributed by atoms with E-state index in [1.165, 1.54) is 11.8 Å². The first-order chi connectivity index (χ1) is 12.6. The van der Waals surface area contributed by atoms with Crippen molar-refractivity contribution >= 4 is 22.7 Å². The van der Waals surface area contributed by atoms with Crippen molar-refractivity contribution in [2.45, 2.75) is 63.4 Å². The second-order valence-electron chi connectivity index (χ2n) is 6.28. The Balaban J connectivity index is 1.95. The molecule has 26 heavy (non-hydrogen) atoms. The maximum absolute atomic E-state index is 12.9. The molecule has 0 saturated carbocycles. The van der Waals surface area contributed by atoms with Gasteiger partial charge in [-0.3, -0.25) is 9.36 Å². The Morgan fingerprint density at radius 1 is 1.19 bits per heavy atom. The lowest BCUT2D eigenvalue weighted by Gasteiger charge is -2.14. The first-order valence-electron chi connectivity index (χ1n) is 9.12. The molecule has 0 saturated heterocycles. The molecule has 0 aliphatic rings. The summed E-state index contributed by atoms with van der Waals surface area (Å²) < 4.78 is 7.17. The topological polar surface area (TPSA) is 73.8 Å². The van der Waals surface area contributed by atoms with E-state index in [4.69, 9.17) is 9.51 Å². The number of unbranched alkanes of at least 4 members (excludes halogenated alkanes) is 1. The number of thioether (sulfide) groups is 1. The van der Waals surface area contributed by atoms with E-state index in [2.05, 4.69) is 24.0 Å². The summed E-state index contributed by atoms with van der Waals surface area (Å²) in [6.45, 7) is 6.86. The summed E-state index contributed by atoms with van der Waals surface area (Å²) in [5.41, 5.74) is 0.730. The monoisotopic (exact) mass is 372 g/mol. The van der Waals surface area contributed by atoms with Crippen LogP contribution in [-0.2, 0) is 13.0 Å². The third kappa shape index (κ3) is 3.98. The van der Waals surface area contributed by atoms with Crippen molar-refractivity contribution in [1.82, 2.24) is 19.7 Å². The highest BCUT2D eigenvalue weighted by Crippen LogP contribution is 2.33. The highest BCUT2D eigenvalue weighted by atomic mass is 32.2. The van der Waals surface area contributed by atoms with E-state index in [0.29, 0.717) is 23.0 Å². The molecule has 3 rings (SSSR count). The third-order valence-corrected chi connectivity index (χ3v) is 5.23. The van der Waals surface area contributed by atoms with Gasteiger partial charge in [0, 0.05) is 13.0 Å². The molecular formula is C19H24N4O2S. The summed E-state index contributed by atoms with van der Waals surface area (Å²) in [5, 5.41) is 5.30. The molecule has 0 bridgehead atoms. The zero-order chi connectivity index (χ0) is 18.5. The third-order valence-electron chi connectivity index (χ3n) is 4.15. The van der Waals surface area contributed by atoms with Crippen LogP contribution in [0.3, 0.4) is 0 Å². The van der Waals surface area contributed by atoms with Crippen LogP contribution in [0.2, 0.25) is 0 Å². The Hall–Kier alpha value is -2.15. The van der Waals surface area contributed by atoms with Gasteiger partial charge in [0.15, 0.2) is 11.0 Å². The van der Waals surface area contributed by atoms with Gasteiger partial charge in [-0.2, -0.15) is 4.98 Å². The highest BCUT2D eigenvalue weighted by molar-refractivity contribution is 7.99. The minimum Gasteiger partial charge on any atom is -0.338 e. The van der Waals surface area contributed by atoms with Crippen molar-refractivity contribution in [2.75, 3.05) is 0 Å². The van der Waals surface area contributed by atoms with E-state index in [0.717, 1.165) is 37.0 Å². The zero-order valence-corrected chi connectivity index (χ0v) is 16.3. The van der Waals surface area contributed by atoms with Crippen LogP contribution in [0, 0.1) is 0 Å². The van der Waals surface area contributed by atoms with Crippen molar-refractivity contribution in [3.63, 3.8) is 0 Å². The van der Waals surface area contributed by atoms with Crippen LogP contribution in [0.15, 0.2) is 38.7 Å². The van der Waals surface area contributed by atoms with Gasteiger partial charge in [-0.15, -0.1) is 0 Å². The fourth-order valence-electron chi connectivity index (χ4n) is 2.72. The van der Waals surface area contributed by atoms with Crippen LogP contribution in [0.4, 0.5) is 0 Å². The molecule has 0 N–H and O–H groups in total. The van der Waals surface area contributed by atoms with Crippen molar-refractivity contribution in [2.24, 2.45) is 0 Å². The van der Waals surface area contributed by atoms with Crippen molar-refractivity contribution in [1.29, 1.82) is 0 Å². The van der Waals surface area contributed by atoms with Crippen LogP contribution >= 0.6 is 11.8 Å². The largest absolute Gasteiger partial charge is 0.338 e. The molecule has 0 fully saturated rings. The Morgan fingerprint density at radius 3 is 2.77 bits per heavy atom. The van der Waals surface area contributed by atoms with Crippen LogP contribution in [0.5, 0.6) is 0 Å². The molecule has 1 atom stereocenters. The Labute approximate surface area is 157 Å². The first kappa shape index (κ1) is 18.6. The lowest BCUT2D eigenvalue weighted by atomic mass is 10.2. The summed E-state index contributed by atoms with van der Waals surface area (Å²) in [5.74, 6) is 1.30. The van der Waals surface area contributed by atoms with Crippen LogP contribution in [0.25, 0.3) is 10.9 Å². The molecule has 2 aromatic heterocycles. The number of hydrogen-bond acceptors (Lipinski definition) is 6. The molecular weight excluding hydrogens is 348 g/mol. The number of hydrogen-bond donors (Lipinski definition) is 0. The number of nitrogens with zero attached hydrogens (tertiary/aromatic N) is 4. The van der Waals surface area contributed by atoms with Gasteiger partial charge in [0.25, 0.3) is 5.56 Å². The van der Waals surface area contributed by atoms with Gasteiger partial charge in [-0.25, -0.2) is 4.98 Å². The number of para-hydroxylation sites is 1. The van der Waals surface area contributed by atoms with Crippen molar-refractivity contribution in [3.05, 3.63) is 46.3 Å². The van der Waals surface area contributed by atoms with Gasteiger partial charge in [-0.05, 0) is 31.9 Å². The standard InChI is InChI=1S/C19H24N4O2S/c1-4-6-12-23-18(24)14-10-7-8-11-15(14)20-19(23)26-13(3)17-21-16(9-5-2)22-25-17/h7-8,10-11,13H,4-6,9,12H2,1-3H3/t13-/m1/s1. The molecule has 138 valence electrons. The van der Waals surface area contributed by atoms with E-state index in [1.54, 1.807) is 4.57 Å².